The summed E-state index contributed by atoms with van der Waals surface area (Å²) >= 11 is 6.38. The van der Waals surface area contributed by atoms with Crippen LogP contribution in [0.5, 0.6) is 0 Å². The SMILES string of the molecule is CC(=O)NCCCc1cc(Cl)ccc1C1CC2CCC(C1)N2C(=O)CC(C)(C)N1CCCC(c2ccc(F)cc2F)C1.Cl. The molecule has 3 saturated heterocycles. The highest BCUT2D eigenvalue weighted by Crippen LogP contribution is 2.45. The first-order chi connectivity index (χ1) is 20.0. The molecule has 1 N–H and O–H groups in total. The maximum Gasteiger partial charge on any atom is 0.224 e. The summed E-state index contributed by atoms with van der Waals surface area (Å²) < 4.78 is 28.1. The summed E-state index contributed by atoms with van der Waals surface area (Å²) in [4.78, 5) is 29.7. The van der Waals surface area contributed by atoms with E-state index >= 15 is 0 Å². The minimum Gasteiger partial charge on any atom is -0.356 e. The van der Waals surface area contributed by atoms with Crippen molar-refractivity contribution in [3.05, 3.63) is 69.7 Å². The van der Waals surface area contributed by atoms with E-state index in [0.717, 1.165) is 69.0 Å². The van der Waals surface area contributed by atoms with Crippen molar-refractivity contribution in [1.82, 2.24) is 15.1 Å². The third-order valence-corrected chi connectivity index (χ3v) is 10.1. The first-order valence-electron chi connectivity index (χ1n) is 15.6. The lowest BCUT2D eigenvalue weighted by Crippen LogP contribution is -2.53. The van der Waals surface area contributed by atoms with Crippen LogP contribution in [-0.2, 0) is 16.0 Å². The number of benzene rings is 2. The van der Waals surface area contributed by atoms with Gasteiger partial charge in [0, 0.05) is 55.1 Å². The number of nitrogens with zero attached hydrogens (tertiary/aromatic N) is 2. The van der Waals surface area contributed by atoms with Gasteiger partial charge in [0.1, 0.15) is 11.6 Å². The van der Waals surface area contributed by atoms with Crippen LogP contribution in [0.25, 0.3) is 0 Å². The largest absolute Gasteiger partial charge is 0.356 e. The van der Waals surface area contributed by atoms with Crippen molar-refractivity contribution in [3.63, 3.8) is 0 Å². The molecule has 0 aromatic heterocycles. The Bertz CT molecular complexity index is 1290. The Morgan fingerprint density at radius 2 is 1.70 bits per heavy atom. The first-order valence-corrected chi connectivity index (χ1v) is 15.9. The number of hydrogen-bond donors (Lipinski definition) is 1. The number of aryl methyl sites for hydroxylation is 1. The molecule has 2 aromatic carbocycles. The summed E-state index contributed by atoms with van der Waals surface area (Å²) in [6.07, 6.45) is 7.91. The van der Waals surface area contributed by atoms with E-state index in [2.05, 4.69) is 41.1 Å². The molecular formula is C34H45Cl2F2N3O2. The highest BCUT2D eigenvalue weighted by molar-refractivity contribution is 6.30. The summed E-state index contributed by atoms with van der Waals surface area (Å²) in [5, 5.41) is 3.61. The van der Waals surface area contributed by atoms with E-state index in [1.54, 1.807) is 6.07 Å². The molecule has 2 aromatic rings. The molecule has 3 unspecified atom stereocenters. The number of likely N-dealkylation sites (tertiary alicyclic amines) is 1. The van der Waals surface area contributed by atoms with Crippen LogP contribution < -0.4 is 5.32 Å². The number of fused-ring (bicyclic) bond motifs is 2. The standard InChI is InChI=1S/C34H44ClF2N3O2.ClH/c1-22(41)38-14-4-6-23-16-26(35)8-12-30(23)25-17-28-10-11-29(18-25)40(28)33(42)20-34(2,3)39-15-5-7-24(21-39)31-13-9-27(36)19-32(31)37;/h8-9,12-13,16,19,24-25,28-29H,4-7,10-11,14-15,17-18,20-21H2,1-3H3,(H,38,41);1H. The fourth-order valence-corrected chi connectivity index (χ4v) is 7.95. The lowest BCUT2D eigenvalue weighted by molar-refractivity contribution is -0.139. The van der Waals surface area contributed by atoms with Gasteiger partial charge in [0.15, 0.2) is 0 Å². The Hall–Kier alpha value is -2.22. The molecule has 3 heterocycles. The van der Waals surface area contributed by atoms with Crippen molar-refractivity contribution >= 4 is 35.8 Å². The zero-order valence-corrected chi connectivity index (χ0v) is 27.1. The molecule has 3 fully saturated rings. The second-order valence-electron chi connectivity index (χ2n) is 13.2. The second-order valence-corrected chi connectivity index (χ2v) is 13.7. The van der Waals surface area contributed by atoms with Crippen molar-refractivity contribution in [2.45, 2.75) is 108 Å². The monoisotopic (exact) mass is 635 g/mol. The van der Waals surface area contributed by atoms with Gasteiger partial charge in [-0.1, -0.05) is 23.7 Å². The number of carbonyl (C=O) groups is 2. The molecule has 3 aliphatic heterocycles. The van der Waals surface area contributed by atoms with E-state index < -0.39 is 11.6 Å². The lowest BCUT2D eigenvalue weighted by atomic mass is 9.81. The summed E-state index contributed by atoms with van der Waals surface area (Å²) in [5.41, 5.74) is 2.79. The van der Waals surface area contributed by atoms with Gasteiger partial charge in [-0.25, -0.2) is 8.78 Å². The number of rotatable bonds is 9. The predicted octanol–water partition coefficient (Wildman–Crippen LogP) is 7.39. The van der Waals surface area contributed by atoms with Gasteiger partial charge < -0.3 is 10.2 Å². The van der Waals surface area contributed by atoms with Gasteiger partial charge in [0.2, 0.25) is 11.8 Å². The molecule has 0 radical (unpaired) electrons. The van der Waals surface area contributed by atoms with Crippen LogP contribution in [-0.4, -0.2) is 58.9 Å². The predicted molar refractivity (Wildman–Crippen MR) is 170 cm³/mol. The van der Waals surface area contributed by atoms with Gasteiger partial charge in [-0.2, -0.15) is 0 Å². The van der Waals surface area contributed by atoms with E-state index in [1.165, 1.54) is 24.1 Å². The van der Waals surface area contributed by atoms with Crippen LogP contribution in [0.1, 0.15) is 101 Å². The lowest BCUT2D eigenvalue weighted by Gasteiger charge is -2.46. The average molecular weight is 637 g/mol. The molecule has 5 nitrogen and oxygen atoms in total. The van der Waals surface area contributed by atoms with Crippen LogP contribution >= 0.6 is 24.0 Å². The smallest absolute Gasteiger partial charge is 0.224 e. The maximum absolute atomic E-state index is 14.6. The Morgan fingerprint density at radius 3 is 2.37 bits per heavy atom. The van der Waals surface area contributed by atoms with Crippen molar-refractivity contribution in [2.75, 3.05) is 19.6 Å². The second kappa shape index (κ2) is 14.3. The third kappa shape index (κ3) is 7.90. The molecule has 0 saturated carbocycles. The number of piperidine rings is 2. The van der Waals surface area contributed by atoms with Crippen molar-refractivity contribution in [2.24, 2.45) is 0 Å². The van der Waals surface area contributed by atoms with Gasteiger partial charge in [0.25, 0.3) is 0 Å². The van der Waals surface area contributed by atoms with Gasteiger partial charge in [-0.05, 0) is 118 Å². The zero-order valence-electron chi connectivity index (χ0n) is 25.5. The van der Waals surface area contributed by atoms with Crippen LogP contribution in [0.4, 0.5) is 8.78 Å². The minimum absolute atomic E-state index is 0. The van der Waals surface area contributed by atoms with Crippen LogP contribution in [0.3, 0.4) is 0 Å². The summed E-state index contributed by atoms with van der Waals surface area (Å²) in [6, 6.07) is 10.6. The first kappa shape index (κ1) is 33.7. The Morgan fingerprint density at radius 1 is 1.00 bits per heavy atom. The molecule has 3 atom stereocenters. The van der Waals surface area contributed by atoms with Gasteiger partial charge in [0.05, 0.1) is 0 Å². The van der Waals surface area contributed by atoms with Gasteiger partial charge in [-0.15, -0.1) is 12.4 Å². The Kier molecular flexibility index (Phi) is 11.2. The quantitative estimate of drug-likeness (QED) is 0.292. The Labute approximate surface area is 266 Å². The average Bonchev–Trinajstić information content (AvgIpc) is 3.20. The van der Waals surface area contributed by atoms with Crippen LogP contribution in [0.15, 0.2) is 36.4 Å². The summed E-state index contributed by atoms with van der Waals surface area (Å²) in [7, 11) is 0. The minimum atomic E-state index is -0.553. The van der Waals surface area contributed by atoms with Gasteiger partial charge in [-0.3, -0.25) is 14.5 Å². The molecule has 236 valence electrons. The number of hydrogen-bond acceptors (Lipinski definition) is 3. The normalized spacial score (nSPS) is 24.0. The van der Waals surface area contributed by atoms with Gasteiger partial charge >= 0.3 is 0 Å². The van der Waals surface area contributed by atoms with E-state index in [-0.39, 0.29) is 47.8 Å². The number of amides is 2. The molecule has 9 heteroatoms. The molecule has 5 rings (SSSR count). The highest BCUT2D eigenvalue weighted by Gasteiger charge is 2.45. The topological polar surface area (TPSA) is 52.7 Å². The maximum atomic E-state index is 14.6. The number of halogens is 4. The molecule has 43 heavy (non-hydrogen) atoms. The number of carbonyl (C=O) groups excluding carboxylic acids is 2. The van der Waals surface area contributed by atoms with E-state index in [0.29, 0.717) is 31.0 Å². The summed E-state index contributed by atoms with van der Waals surface area (Å²) in [6.45, 7) is 7.98. The van der Waals surface area contributed by atoms with Crippen molar-refractivity contribution in [3.8, 4) is 0 Å². The Balaban J connectivity index is 0.00000423. The fraction of sp³-hybridized carbons (Fsp3) is 0.588. The highest BCUT2D eigenvalue weighted by atomic mass is 35.5. The third-order valence-electron chi connectivity index (χ3n) is 9.83. The van der Waals surface area contributed by atoms with Crippen LogP contribution in [0, 0.1) is 11.6 Å². The number of nitrogens with one attached hydrogen (secondary N) is 1. The molecule has 2 amide bonds. The molecular weight excluding hydrogens is 591 g/mol. The fourth-order valence-electron chi connectivity index (χ4n) is 7.76. The van der Waals surface area contributed by atoms with E-state index in [1.807, 2.05) is 6.07 Å². The zero-order chi connectivity index (χ0) is 30.0. The van der Waals surface area contributed by atoms with Crippen LogP contribution in [0.2, 0.25) is 5.02 Å². The summed E-state index contributed by atoms with van der Waals surface area (Å²) in [5.74, 6) is -0.449. The molecule has 3 aliphatic rings. The molecule has 2 bridgehead atoms. The van der Waals surface area contributed by atoms with Crippen molar-refractivity contribution < 1.29 is 18.4 Å². The van der Waals surface area contributed by atoms with E-state index in [9.17, 15) is 18.4 Å². The van der Waals surface area contributed by atoms with Crippen molar-refractivity contribution in [1.29, 1.82) is 0 Å². The molecule has 0 spiro atoms. The molecule has 0 aliphatic carbocycles. The van der Waals surface area contributed by atoms with E-state index in [4.69, 9.17) is 11.6 Å².